The van der Waals surface area contributed by atoms with Crippen LogP contribution in [-0.2, 0) is 4.79 Å². The van der Waals surface area contributed by atoms with E-state index in [1.165, 1.54) is 24.8 Å². The van der Waals surface area contributed by atoms with Crippen molar-refractivity contribution in [2.45, 2.75) is 51.5 Å². The molecule has 114 valence electrons. The fourth-order valence-corrected chi connectivity index (χ4v) is 3.53. The van der Waals surface area contributed by atoms with Gasteiger partial charge in [0, 0.05) is 24.7 Å². The zero-order valence-corrected chi connectivity index (χ0v) is 13.0. The fourth-order valence-electron chi connectivity index (χ4n) is 3.53. The zero-order chi connectivity index (χ0) is 14.7. The highest BCUT2D eigenvalue weighted by atomic mass is 16.2. The number of carbonyl (C=O) groups excluding carboxylic acids is 1. The van der Waals surface area contributed by atoms with Crippen LogP contribution in [0.3, 0.4) is 0 Å². The van der Waals surface area contributed by atoms with Crippen molar-refractivity contribution in [3.05, 3.63) is 29.8 Å². The van der Waals surface area contributed by atoms with Crippen molar-refractivity contribution in [1.29, 1.82) is 0 Å². The van der Waals surface area contributed by atoms with Gasteiger partial charge in [0.05, 0.1) is 0 Å². The molecule has 1 aliphatic heterocycles. The van der Waals surface area contributed by atoms with Crippen molar-refractivity contribution in [2.75, 3.05) is 18.0 Å². The number of para-hydroxylation sites is 1. The standard InChI is InChI=1S/C18H26N2O/c1-2-19-16-10-6-12-20(17-11-4-3-9-15(16)17)18(21)13-14-7-5-8-14/h3-4,9,11,14,16,19H,2,5-8,10,12-13H2,1H3. The number of fused-ring (bicyclic) bond motifs is 1. The molecule has 1 aliphatic carbocycles. The smallest absolute Gasteiger partial charge is 0.227 e. The fraction of sp³-hybridized carbons (Fsp3) is 0.611. The molecule has 3 heteroatoms. The molecule has 0 bridgehead atoms. The van der Waals surface area contributed by atoms with Gasteiger partial charge in [0.1, 0.15) is 0 Å². The molecule has 1 atom stereocenters. The number of nitrogens with one attached hydrogen (secondary N) is 1. The molecule has 2 aliphatic rings. The first-order valence-corrected chi connectivity index (χ1v) is 8.42. The van der Waals surface area contributed by atoms with E-state index in [9.17, 15) is 4.79 Å². The molecule has 0 aromatic heterocycles. The first-order chi connectivity index (χ1) is 10.3. The van der Waals surface area contributed by atoms with Crippen LogP contribution in [0.1, 0.15) is 57.1 Å². The molecular formula is C18H26N2O. The minimum absolute atomic E-state index is 0.323. The van der Waals surface area contributed by atoms with E-state index in [0.717, 1.165) is 38.0 Å². The summed E-state index contributed by atoms with van der Waals surface area (Å²) in [5.74, 6) is 0.960. The summed E-state index contributed by atoms with van der Waals surface area (Å²) in [5.41, 5.74) is 2.42. The Morgan fingerprint density at radius 3 is 2.76 bits per heavy atom. The van der Waals surface area contributed by atoms with Crippen LogP contribution < -0.4 is 10.2 Å². The molecule has 1 saturated carbocycles. The van der Waals surface area contributed by atoms with Crippen LogP contribution in [0.25, 0.3) is 0 Å². The van der Waals surface area contributed by atoms with E-state index in [1.807, 2.05) is 4.90 Å². The van der Waals surface area contributed by atoms with Crippen LogP contribution in [0, 0.1) is 5.92 Å². The van der Waals surface area contributed by atoms with E-state index in [1.54, 1.807) is 0 Å². The number of nitrogens with zero attached hydrogens (tertiary/aromatic N) is 1. The Kier molecular flexibility index (Phi) is 4.59. The molecule has 3 rings (SSSR count). The monoisotopic (exact) mass is 286 g/mol. The Bertz CT molecular complexity index is 496. The summed E-state index contributed by atoms with van der Waals surface area (Å²) in [6.45, 7) is 3.98. The van der Waals surface area contributed by atoms with Crippen molar-refractivity contribution in [1.82, 2.24) is 5.32 Å². The Hall–Kier alpha value is -1.35. The van der Waals surface area contributed by atoms with Crippen LogP contribution >= 0.6 is 0 Å². The highest BCUT2D eigenvalue weighted by molar-refractivity contribution is 5.94. The maximum Gasteiger partial charge on any atom is 0.227 e. The van der Waals surface area contributed by atoms with Crippen molar-refractivity contribution in [3.8, 4) is 0 Å². The first kappa shape index (κ1) is 14.6. The predicted molar refractivity (Wildman–Crippen MR) is 86.4 cm³/mol. The molecule has 1 unspecified atom stereocenters. The van der Waals surface area contributed by atoms with E-state index >= 15 is 0 Å². The number of carbonyl (C=O) groups is 1. The van der Waals surface area contributed by atoms with Gasteiger partial charge < -0.3 is 10.2 Å². The first-order valence-electron chi connectivity index (χ1n) is 8.42. The Balaban J connectivity index is 1.82. The number of rotatable bonds is 4. The third-order valence-corrected chi connectivity index (χ3v) is 4.92. The minimum atomic E-state index is 0.323. The zero-order valence-electron chi connectivity index (χ0n) is 13.0. The summed E-state index contributed by atoms with van der Waals surface area (Å²) in [5, 5.41) is 3.57. The summed E-state index contributed by atoms with van der Waals surface area (Å²) < 4.78 is 0. The second-order valence-corrected chi connectivity index (χ2v) is 6.36. The van der Waals surface area contributed by atoms with Gasteiger partial charge in [-0.25, -0.2) is 0 Å². The van der Waals surface area contributed by atoms with Gasteiger partial charge in [-0.15, -0.1) is 0 Å². The minimum Gasteiger partial charge on any atom is -0.312 e. The van der Waals surface area contributed by atoms with Crippen LogP contribution in [0.15, 0.2) is 24.3 Å². The van der Waals surface area contributed by atoms with E-state index in [2.05, 4.69) is 36.5 Å². The van der Waals surface area contributed by atoms with E-state index in [4.69, 9.17) is 0 Å². The molecule has 0 spiro atoms. The molecule has 0 saturated heterocycles. The molecule has 1 N–H and O–H groups in total. The van der Waals surface area contributed by atoms with Crippen LogP contribution in [0.2, 0.25) is 0 Å². The molecular weight excluding hydrogens is 260 g/mol. The number of hydrogen-bond acceptors (Lipinski definition) is 2. The summed E-state index contributed by atoms with van der Waals surface area (Å²) in [4.78, 5) is 14.7. The molecule has 3 nitrogen and oxygen atoms in total. The van der Waals surface area contributed by atoms with Gasteiger partial charge >= 0.3 is 0 Å². The van der Waals surface area contributed by atoms with Gasteiger partial charge in [0.15, 0.2) is 0 Å². The highest BCUT2D eigenvalue weighted by Gasteiger charge is 2.28. The van der Waals surface area contributed by atoms with Crippen LogP contribution in [0.5, 0.6) is 0 Å². The largest absolute Gasteiger partial charge is 0.312 e. The second kappa shape index (κ2) is 6.61. The SMILES string of the molecule is CCNC1CCCN(C(=O)CC2CCC2)c2ccccc21. The van der Waals surface area contributed by atoms with E-state index in [0.29, 0.717) is 17.9 Å². The van der Waals surface area contributed by atoms with Gasteiger partial charge in [0.25, 0.3) is 0 Å². The van der Waals surface area contributed by atoms with Gasteiger partial charge in [-0.1, -0.05) is 31.5 Å². The van der Waals surface area contributed by atoms with Gasteiger partial charge in [-0.3, -0.25) is 4.79 Å². The van der Waals surface area contributed by atoms with E-state index in [-0.39, 0.29) is 0 Å². The maximum absolute atomic E-state index is 12.7. The molecule has 1 aromatic rings. The maximum atomic E-state index is 12.7. The number of hydrogen-bond donors (Lipinski definition) is 1. The van der Waals surface area contributed by atoms with Crippen molar-refractivity contribution in [2.24, 2.45) is 5.92 Å². The lowest BCUT2D eigenvalue weighted by Crippen LogP contribution is -2.34. The number of anilines is 1. The summed E-state index contributed by atoms with van der Waals surface area (Å²) >= 11 is 0. The molecule has 21 heavy (non-hydrogen) atoms. The summed E-state index contributed by atoms with van der Waals surface area (Å²) in [6, 6.07) is 8.81. The quantitative estimate of drug-likeness (QED) is 0.916. The molecule has 1 fully saturated rings. The lowest BCUT2D eigenvalue weighted by Gasteiger charge is -2.29. The van der Waals surface area contributed by atoms with Gasteiger partial charge in [-0.2, -0.15) is 0 Å². The van der Waals surface area contributed by atoms with Gasteiger partial charge in [0.2, 0.25) is 5.91 Å². The van der Waals surface area contributed by atoms with Crippen LogP contribution in [0.4, 0.5) is 5.69 Å². The normalized spacial score (nSPS) is 22.3. The van der Waals surface area contributed by atoms with E-state index < -0.39 is 0 Å². The molecule has 1 aromatic carbocycles. The summed E-state index contributed by atoms with van der Waals surface area (Å²) in [6.07, 6.45) is 6.69. The van der Waals surface area contributed by atoms with Crippen LogP contribution in [-0.4, -0.2) is 19.0 Å². The average Bonchev–Trinajstić information content (AvgIpc) is 2.63. The average molecular weight is 286 g/mol. The predicted octanol–water partition coefficient (Wildman–Crippen LogP) is 3.65. The van der Waals surface area contributed by atoms with Crippen molar-refractivity contribution >= 4 is 11.6 Å². The second-order valence-electron chi connectivity index (χ2n) is 6.36. The molecule has 1 heterocycles. The molecule has 0 radical (unpaired) electrons. The summed E-state index contributed by atoms with van der Waals surface area (Å²) in [7, 11) is 0. The Labute approximate surface area is 127 Å². The lowest BCUT2D eigenvalue weighted by atomic mass is 9.82. The topological polar surface area (TPSA) is 32.3 Å². The number of benzene rings is 1. The lowest BCUT2D eigenvalue weighted by molar-refractivity contribution is -0.120. The number of amides is 1. The highest BCUT2D eigenvalue weighted by Crippen LogP contribution is 2.35. The third-order valence-electron chi connectivity index (χ3n) is 4.92. The van der Waals surface area contributed by atoms with Crippen molar-refractivity contribution < 1.29 is 4.79 Å². The molecule has 1 amide bonds. The third kappa shape index (κ3) is 3.13. The Morgan fingerprint density at radius 2 is 2.05 bits per heavy atom. The van der Waals surface area contributed by atoms with Crippen molar-refractivity contribution in [3.63, 3.8) is 0 Å². The Morgan fingerprint density at radius 1 is 1.24 bits per heavy atom. The van der Waals surface area contributed by atoms with Gasteiger partial charge in [-0.05, 0) is 49.8 Å².